The third kappa shape index (κ3) is 5.29. The molecule has 2 aromatic rings. The summed E-state index contributed by atoms with van der Waals surface area (Å²) in [6.45, 7) is 0.220. The molecule has 0 aliphatic carbocycles. The third-order valence-corrected chi connectivity index (χ3v) is 3.20. The van der Waals surface area contributed by atoms with Crippen LogP contribution in [0.5, 0.6) is 0 Å². The number of rotatable bonds is 6. The number of nitrogens with zero attached hydrogens (tertiary/aromatic N) is 1. The summed E-state index contributed by atoms with van der Waals surface area (Å²) >= 11 is 0. The molecular weight excluding hydrogens is 276 g/mol. The van der Waals surface area contributed by atoms with Crippen molar-refractivity contribution >= 4 is 6.09 Å². The minimum atomic E-state index is -0.500. The van der Waals surface area contributed by atoms with Crippen LogP contribution in [-0.4, -0.2) is 12.1 Å². The highest BCUT2D eigenvalue weighted by atomic mass is 16.5. The summed E-state index contributed by atoms with van der Waals surface area (Å²) in [6.07, 6.45) is 0.351. The zero-order chi connectivity index (χ0) is 15.6. The highest BCUT2D eigenvalue weighted by Gasteiger charge is 2.13. The van der Waals surface area contributed by atoms with Crippen LogP contribution in [0.2, 0.25) is 0 Å². The van der Waals surface area contributed by atoms with Gasteiger partial charge in [0.25, 0.3) is 0 Å². The molecule has 0 aromatic heterocycles. The van der Waals surface area contributed by atoms with E-state index in [1.54, 1.807) is 0 Å². The van der Waals surface area contributed by atoms with Crippen LogP contribution in [-0.2, 0) is 17.8 Å². The predicted octanol–water partition coefficient (Wildman–Crippen LogP) is 3.44. The second kappa shape index (κ2) is 8.48. The van der Waals surface area contributed by atoms with E-state index in [9.17, 15) is 4.79 Å². The Bertz CT molecular complexity index is 621. The monoisotopic (exact) mass is 294 g/mol. The first-order chi connectivity index (χ1) is 10.8. The SMILES string of the molecule is N#CC[C@@H](Cc1ccccc1)NC(=O)OCc1ccccc1. The van der Waals surface area contributed by atoms with Crippen molar-refractivity contribution in [1.82, 2.24) is 5.32 Å². The average Bonchev–Trinajstić information content (AvgIpc) is 2.55. The zero-order valence-electron chi connectivity index (χ0n) is 12.2. The van der Waals surface area contributed by atoms with Crippen LogP contribution >= 0.6 is 0 Å². The molecule has 112 valence electrons. The summed E-state index contributed by atoms with van der Waals surface area (Å²) in [5, 5.41) is 11.6. The number of nitrogens with one attached hydrogen (secondary N) is 1. The van der Waals surface area contributed by atoms with Crippen molar-refractivity contribution < 1.29 is 9.53 Å². The van der Waals surface area contributed by atoms with Gasteiger partial charge in [-0.15, -0.1) is 0 Å². The number of alkyl carbamates (subject to hydrolysis) is 1. The van der Waals surface area contributed by atoms with Crippen LogP contribution in [0.4, 0.5) is 4.79 Å². The minimum absolute atomic E-state index is 0.220. The molecule has 4 nitrogen and oxygen atoms in total. The fraction of sp³-hybridized carbons (Fsp3) is 0.222. The fourth-order valence-corrected chi connectivity index (χ4v) is 2.11. The van der Waals surface area contributed by atoms with E-state index < -0.39 is 6.09 Å². The molecule has 0 heterocycles. The normalized spacial score (nSPS) is 11.2. The molecule has 0 aliphatic rings. The van der Waals surface area contributed by atoms with Gasteiger partial charge in [0, 0.05) is 6.04 Å². The lowest BCUT2D eigenvalue weighted by atomic mass is 10.0. The van der Waals surface area contributed by atoms with Gasteiger partial charge >= 0.3 is 6.09 Å². The molecule has 0 fully saturated rings. The van der Waals surface area contributed by atoms with E-state index in [0.29, 0.717) is 6.42 Å². The maximum atomic E-state index is 11.8. The molecule has 0 radical (unpaired) electrons. The summed E-state index contributed by atoms with van der Waals surface area (Å²) in [5.74, 6) is 0. The van der Waals surface area contributed by atoms with Crippen molar-refractivity contribution in [3.8, 4) is 6.07 Å². The topological polar surface area (TPSA) is 62.1 Å². The highest BCUT2D eigenvalue weighted by molar-refractivity contribution is 5.67. The first-order valence-electron chi connectivity index (χ1n) is 7.16. The van der Waals surface area contributed by atoms with E-state index in [1.807, 2.05) is 60.7 Å². The number of ether oxygens (including phenoxy) is 1. The predicted molar refractivity (Wildman–Crippen MR) is 83.9 cm³/mol. The van der Waals surface area contributed by atoms with Crippen molar-refractivity contribution in [2.45, 2.75) is 25.5 Å². The Morgan fingerprint density at radius 3 is 2.23 bits per heavy atom. The van der Waals surface area contributed by atoms with Gasteiger partial charge in [-0.3, -0.25) is 0 Å². The molecule has 1 atom stereocenters. The summed E-state index contributed by atoms with van der Waals surface area (Å²) < 4.78 is 5.18. The summed E-state index contributed by atoms with van der Waals surface area (Å²) in [5.41, 5.74) is 2.00. The number of amides is 1. The largest absolute Gasteiger partial charge is 0.445 e. The fourth-order valence-electron chi connectivity index (χ4n) is 2.11. The van der Waals surface area contributed by atoms with Crippen LogP contribution in [0.3, 0.4) is 0 Å². The van der Waals surface area contributed by atoms with Gasteiger partial charge in [0.15, 0.2) is 0 Å². The van der Waals surface area contributed by atoms with Crippen LogP contribution in [0.15, 0.2) is 60.7 Å². The number of carbonyl (C=O) groups is 1. The van der Waals surface area contributed by atoms with E-state index in [2.05, 4.69) is 11.4 Å². The molecule has 0 unspecified atom stereocenters. The Hall–Kier alpha value is -2.80. The number of benzene rings is 2. The smallest absolute Gasteiger partial charge is 0.407 e. The molecule has 2 rings (SSSR count). The first-order valence-corrected chi connectivity index (χ1v) is 7.16. The third-order valence-electron chi connectivity index (χ3n) is 3.20. The number of hydrogen-bond donors (Lipinski definition) is 1. The van der Waals surface area contributed by atoms with E-state index in [0.717, 1.165) is 11.1 Å². The Labute approximate surface area is 130 Å². The van der Waals surface area contributed by atoms with Crippen molar-refractivity contribution in [3.05, 3.63) is 71.8 Å². The van der Waals surface area contributed by atoms with Crippen molar-refractivity contribution in [3.63, 3.8) is 0 Å². The lowest BCUT2D eigenvalue weighted by Crippen LogP contribution is -2.36. The second-order valence-electron chi connectivity index (χ2n) is 4.95. The maximum Gasteiger partial charge on any atom is 0.407 e. The van der Waals surface area contributed by atoms with Crippen LogP contribution in [0.25, 0.3) is 0 Å². The van der Waals surface area contributed by atoms with Gasteiger partial charge in [-0.25, -0.2) is 4.79 Å². The van der Waals surface area contributed by atoms with Crippen molar-refractivity contribution in [1.29, 1.82) is 5.26 Å². The molecule has 0 spiro atoms. The van der Waals surface area contributed by atoms with Gasteiger partial charge in [0.05, 0.1) is 12.5 Å². The molecule has 0 aliphatic heterocycles. The Balaban J connectivity index is 1.85. The molecule has 2 aromatic carbocycles. The first kappa shape index (κ1) is 15.6. The van der Waals surface area contributed by atoms with E-state index in [1.165, 1.54) is 0 Å². The maximum absolute atomic E-state index is 11.8. The zero-order valence-corrected chi connectivity index (χ0v) is 12.2. The van der Waals surface area contributed by atoms with Gasteiger partial charge < -0.3 is 10.1 Å². The second-order valence-corrected chi connectivity index (χ2v) is 4.95. The van der Waals surface area contributed by atoms with E-state index in [4.69, 9.17) is 10.00 Å². The number of carbonyl (C=O) groups excluding carboxylic acids is 1. The minimum Gasteiger partial charge on any atom is -0.445 e. The van der Waals surface area contributed by atoms with Crippen LogP contribution < -0.4 is 5.32 Å². The molecule has 1 N–H and O–H groups in total. The van der Waals surface area contributed by atoms with Gasteiger partial charge in [-0.05, 0) is 17.5 Å². The molecule has 0 bridgehead atoms. The quantitative estimate of drug-likeness (QED) is 0.887. The Kier molecular flexibility index (Phi) is 6.01. The van der Waals surface area contributed by atoms with E-state index in [-0.39, 0.29) is 19.1 Å². The average molecular weight is 294 g/mol. The molecule has 22 heavy (non-hydrogen) atoms. The van der Waals surface area contributed by atoms with Gasteiger partial charge in [0.1, 0.15) is 6.61 Å². The molecule has 0 saturated carbocycles. The number of hydrogen-bond acceptors (Lipinski definition) is 3. The van der Waals surface area contributed by atoms with Crippen LogP contribution in [0.1, 0.15) is 17.5 Å². The summed E-state index contributed by atoms with van der Waals surface area (Å²) in [4.78, 5) is 11.8. The van der Waals surface area contributed by atoms with Crippen LogP contribution in [0, 0.1) is 11.3 Å². The molecule has 1 amide bonds. The molecule has 4 heteroatoms. The highest BCUT2D eigenvalue weighted by Crippen LogP contribution is 2.06. The Morgan fingerprint density at radius 1 is 1.05 bits per heavy atom. The van der Waals surface area contributed by atoms with E-state index >= 15 is 0 Å². The number of nitriles is 1. The van der Waals surface area contributed by atoms with Gasteiger partial charge in [-0.2, -0.15) is 5.26 Å². The van der Waals surface area contributed by atoms with Gasteiger partial charge in [-0.1, -0.05) is 60.7 Å². The lowest BCUT2D eigenvalue weighted by molar-refractivity contribution is 0.135. The summed E-state index contributed by atoms with van der Waals surface area (Å²) in [6, 6.07) is 21.1. The summed E-state index contributed by atoms with van der Waals surface area (Å²) in [7, 11) is 0. The lowest BCUT2D eigenvalue weighted by Gasteiger charge is -2.16. The molecular formula is C18H18N2O2. The van der Waals surface area contributed by atoms with Crippen molar-refractivity contribution in [2.24, 2.45) is 0 Å². The molecule has 0 saturated heterocycles. The van der Waals surface area contributed by atoms with Crippen molar-refractivity contribution in [2.75, 3.05) is 0 Å². The Morgan fingerprint density at radius 2 is 1.64 bits per heavy atom. The standard InChI is InChI=1S/C18H18N2O2/c19-12-11-17(13-15-7-3-1-4-8-15)20-18(21)22-14-16-9-5-2-6-10-16/h1-10,17H,11,13-14H2,(H,20,21)/t17-/m0/s1. The van der Waals surface area contributed by atoms with Gasteiger partial charge in [0.2, 0.25) is 0 Å².